The molecule has 1 aliphatic rings. The third kappa shape index (κ3) is 2.49. The van der Waals surface area contributed by atoms with E-state index < -0.39 is 45.0 Å². The molecule has 2 rings (SSSR count). The quantitative estimate of drug-likeness (QED) is 0.669. The van der Waals surface area contributed by atoms with Gasteiger partial charge in [-0.05, 0) is 36.7 Å². The monoisotopic (exact) mass is 216 g/mol. The first-order chi connectivity index (χ1) is 11.0. The largest absolute Gasteiger partial charge is 0.488 e. The smallest absolute Gasteiger partial charge is 0.423 e. The molecule has 0 bridgehead atoms. The van der Waals surface area contributed by atoms with Crippen LogP contribution in [-0.4, -0.2) is 35.1 Å². The molecule has 5 heteroatoms. The Balaban J connectivity index is 2.78. The van der Waals surface area contributed by atoms with Crippen molar-refractivity contribution in [3.05, 3.63) is 18.3 Å². The summed E-state index contributed by atoms with van der Waals surface area (Å²) in [6, 6.07) is 2.01. The minimum atomic E-state index is -3.52. The number of aromatic nitrogens is 1. The van der Waals surface area contributed by atoms with Gasteiger partial charge in [-0.1, -0.05) is 0 Å². The van der Waals surface area contributed by atoms with Crippen LogP contribution in [0.1, 0.15) is 32.8 Å². The molecule has 2 N–H and O–H groups in total. The van der Waals surface area contributed by atoms with E-state index >= 15 is 0 Å². The van der Waals surface area contributed by atoms with Gasteiger partial charge < -0.3 is 14.9 Å². The molecule has 0 aromatic carbocycles. The molecule has 0 unspecified atom stereocenters. The first kappa shape index (κ1) is 3.75. The summed E-state index contributed by atoms with van der Waals surface area (Å²) in [5, 5.41) is 18.4. The van der Waals surface area contributed by atoms with E-state index in [4.69, 9.17) is 13.7 Å². The molecule has 0 saturated carbocycles. The third-order valence-electron chi connectivity index (χ3n) is 1.76. The van der Waals surface area contributed by atoms with E-state index in [0.717, 1.165) is 18.3 Å². The molecular formula is C10H15BN2O2. The summed E-state index contributed by atoms with van der Waals surface area (Å²) < 4.78 is 78.7. The molecule has 0 atom stereocenters. The van der Waals surface area contributed by atoms with Gasteiger partial charge in [-0.15, -0.1) is 0 Å². The van der Waals surface area contributed by atoms with E-state index in [1.165, 1.54) is 0 Å². The Morgan fingerprint density at radius 3 is 2.73 bits per heavy atom. The molecule has 0 radical (unpaired) electrons. The fourth-order valence-electron chi connectivity index (χ4n) is 1.06. The Hall–Kier alpha value is -1.07. The molecule has 1 aromatic rings. The molecule has 1 saturated heterocycles. The number of hydrogen-bond donors (Lipinski definition) is 2. The average molecular weight is 216 g/mol. The Kier molecular flexibility index (Phi) is 1.16. The Bertz CT molecular complexity index is 653. The van der Waals surface area contributed by atoms with Gasteiger partial charge in [0.25, 0.3) is 0 Å². The van der Waals surface area contributed by atoms with Crippen LogP contribution in [0.4, 0.5) is 5.82 Å². The molecule has 15 heavy (non-hydrogen) atoms. The standard InChI is InChI=1S/C10H15BN2O2/c14-11(15)9-4-5-12-10(8-9)13-6-2-1-3-7-13/h4-5,8,14-15H,1-3,6-7H2/i1D2,2D2,3D2,6D2,7D2. The highest BCUT2D eigenvalue weighted by Crippen LogP contribution is 2.15. The summed E-state index contributed by atoms with van der Waals surface area (Å²) in [4.78, 5) is 3.75. The van der Waals surface area contributed by atoms with Crippen molar-refractivity contribution in [1.29, 1.82) is 0 Å². The van der Waals surface area contributed by atoms with Crippen molar-refractivity contribution in [1.82, 2.24) is 4.98 Å². The van der Waals surface area contributed by atoms with Gasteiger partial charge in [-0.25, -0.2) is 4.98 Å². The first-order valence-corrected chi connectivity index (χ1v) is 4.16. The van der Waals surface area contributed by atoms with E-state index in [-0.39, 0.29) is 10.4 Å². The number of piperidine rings is 1. The zero-order valence-electron chi connectivity index (χ0n) is 17.6. The van der Waals surface area contributed by atoms with Crippen LogP contribution < -0.4 is 10.4 Å². The predicted octanol–water partition coefficient (Wildman–Crippen LogP) is -0.248. The van der Waals surface area contributed by atoms with Gasteiger partial charge in [0.1, 0.15) is 5.82 Å². The van der Waals surface area contributed by atoms with Crippen molar-refractivity contribution in [3.8, 4) is 0 Å². The van der Waals surface area contributed by atoms with Gasteiger partial charge in [0.15, 0.2) is 0 Å². The fraction of sp³-hybridized carbons (Fsp3) is 0.500. The molecule has 80 valence electrons. The topological polar surface area (TPSA) is 56.6 Å². The second-order valence-electron chi connectivity index (χ2n) is 2.76. The number of pyridine rings is 1. The SMILES string of the molecule is [2H]C1([2H])N(c2cc(B(O)O)ccn2)C([2H])([2H])C([2H])([2H])C([2H])([2H])C1([2H])[2H]. The number of nitrogens with zero attached hydrogens (tertiary/aromatic N) is 2. The van der Waals surface area contributed by atoms with Gasteiger partial charge >= 0.3 is 7.12 Å². The van der Waals surface area contributed by atoms with Gasteiger partial charge in [-0.3, -0.25) is 0 Å². The van der Waals surface area contributed by atoms with Crippen LogP contribution in [0.15, 0.2) is 18.3 Å². The van der Waals surface area contributed by atoms with E-state index in [9.17, 15) is 10.0 Å². The molecule has 1 aliphatic heterocycles. The maximum atomic E-state index is 9.21. The van der Waals surface area contributed by atoms with Gasteiger partial charge in [0.2, 0.25) is 0 Å². The van der Waals surface area contributed by atoms with Crippen LogP contribution >= 0.6 is 0 Å². The summed E-state index contributed by atoms with van der Waals surface area (Å²) in [5.41, 5.74) is -0.202. The van der Waals surface area contributed by atoms with Crippen LogP contribution in [0.5, 0.6) is 0 Å². The maximum absolute atomic E-state index is 9.21. The highest BCUT2D eigenvalue weighted by Gasteiger charge is 2.15. The van der Waals surface area contributed by atoms with Crippen LogP contribution in [0.2, 0.25) is 0 Å². The number of rotatable bonds is 2. The molecule has 4 nitrogen and oxygen atoms in total. The van der Waals surface area contributed by atoms with E-state index in [2.05, 4.69) is 4.98 Å². The minimum absolute atomic E-state index is 0.0627. The highest BCUT2D eigenvalue weighted by atomic mass is 16.4. The number of anilines is 1. The normalized spacial score (nSPS) is 43.2. The molecule has 0 spiro atoms. The third-order valence-corrected chi connectivity index (χ3v) is 1.76. The van der Waals surface area contributed by atoms with Crippen LogP contribution in [0.25, 0.3) is 0 Å². The van der Waals surface area contributed by atoms with Crippen molar-refractivity contribution in [2.45, 2.75) is 19.1 Å². The Labute approximate surface area is 104 Å². The summed E-state index contributed by atoms with van der Waals surface area (Å²) in [6.45, 7) is -6.70. The van der Waals surface area contributed by atoms with E-state index in [1.807, 2.05) is 0 Å². The van der Waals surface area contributed by atoms with E-state index in [1.54, 1.807) is 0 Å². The predicted molar refractivity (Wildman–Crippen MR) is 60.1 cm³/mol. The lowest BCUT2D eigenvalue weighted by atomic mass is 9.81. The lowest BCUT2D eigenvalue weighted by molar-refractivity contribution is 0.425. The zero-order chi connectivity index (χ0) is 19.6. The van der Waals surface area contributed by atoms with Crippen molar-refractivity contribution >= 4 is 18.4 Å². The van der Waals surface area contributed by atoms with Crippen molar-refractivity contribution < 1.29 is 23.8 Å². The van der Waals surface area contributed by atoms with Crippen molar-refractivity contribution in [2.24, 2.45) is 0 Å². The molecule has 1 fully saturated rings. The molecule has 2 heterocycles. The van der Waals surface area contributed by atoms with Gasteiger partial charge in [0, 0.05) is 32.9 Å². The minimum Gasteiger partial charge on any atom is -0.423 e. The molecule has 0 amide bonds. The second kappa shape index (κ2) is 4.64. The van der Waals surface area contributed by atoms with Gasteiger partial charge in [0.05, 0.1) is 0 Å². The lowest BCUT2D eigenvalue weighted by Gasteiger charge is -2.27. The second-order valence-corrected chi connectivity index (χ2v) is 2.76. The lowest BCUT2D eigenvalue weighted by Crippen LogP contribution is -2.34. The summed E-state index contributed by atoms with van der Waals surface area (Å²) in [7, 11) is -2.00. The fourth-order valence-corrected chi connectivity index (χ4v) is 1.06. The summed E-state index contributed by atoms with van der Waals surface area (Å²) in [6.07, 6.45) is -9.46. The van der Waals surface area contributed by atoms with Crippen molar-refractivity contribution in [2.75, 3.05) is 17.9 Å². The average Bonchev–Trinajstić information content (AvgIpc) is 2.45. The van der Waals surface area contributed by atoms with Crippen molar-refractivity contribution in [3.63, 3.8) is 0 Å². The summed E-state index contributed by atoms with van der Waals surface area (Å²) in [5.74, 6) is -0.608. The van der Waals surface area contributed by atoms with Crippen LogP contribution in [0, 0.1) is 0 Å². The molecular weight excluding hydrogens is 191 g/mol. The maximum Gasteiger partial charge on any atom is 0.488 e. The van der Waals surface area contributed by atoms with Crippen LogP contribution in [-0.2, 0) is 0 Å². The molecule has 0 aliphatic carbocycles. The summed E-state index contributed by atoms with van der Waals surface area (Å²) >= 11 is 0. The first-order valence-electron chi connectivity index (χ1n) is 9.16. The molecule has 1 aromatic heterocycles. The Morgan fingerprint density at radius 1 is 1.33 bits per heavy atom. The number of hydrogen-bond acceptors (Lipinski definition) is 4. The highest BCUT2D eigenvalue weighted by molar-refractivity contribution is 6.58. The Morgan fingerprint density at radius 2 is 2.07 bits per heavy atom. The van der Waals surface area contributed by atoms with E-state index in [0.29, 0.717) is 0 Å². The zero-order valence-corrected chi connectivity index (χ0v) is 7.60. The van der Waals surface area contributed by atoms with Crippen LogP contribution in [0.3, 0.4) is 0 Å². The van der Waals surface area contributed by atoms with Gasteiger partial charge in [-0.2, -0.15) is 0 Å².